The topological polar surface area (TPSA) is 57.3 Å². The van der Waals surface area contributed by atoms with E-state index in [0.717, 1.165) is 52.4 Å². The molecule has 2 aliphatic heterocycles. The Morgan fingerprint density at radius 2 is 2.05 bits per heavy atom. The second kappa shape index (κ2) is 8.65. The molecule has 0 aromatic carbocycles. The number of nitrogens with two attached hydrogens (primary N) is 1. The predicted octanol–water partition coefficient (Wildman–Crippen LogP) is 0.666. The van der Waals surface area contributed by atoms with Crippen LogP contribution in [0, 0.1) is 0 Å². The normalized spacial score (nSPS) is 27.5. The van der Waals surface area contributed by atoms with Gasteiger partial charge in [-0.3, -0.25) is 14.8 Å². The molecular formula is C15H32IN5O. The molecule has 2 rings (SSSR count). The maximum Gasteiger partial charge on any atom is 0.191 e. The van der Waals surface area contributed by atoms with Crippen LogP contribution in [0.4, 0.5) is 0 Å². The molecule has 2 saturated heterocycles. The fraction of sp³-hybridized carbons (Fsp3) is 0.933. The number of likely N-dealkylation sites (N-methyl/N-ethyl adjacent to an activating group) is 1. The van der Waals surface area contributed by atoms with Gasteiger partial charge in [-0.15, -0.1) is 24.0 Å². The van der Waals surface area contributed by atoms with Gasteiger partial charge in [-0.2, -0.15) is 0 Å². The number of hydrogen-bond donors (Lipinski definition) is 1. The lowest BCUT2D eigenvalue weighted by molar-refractivity contribution is 0.00522. The van der Waals surface area contributed by atoms with E-state index in [1.165, 1.54) is 0 Å². The van der Waals surface area contributed by atoms with Gasteiger partial charge in [0.05, 0.1) is 19.3 Å². The van der Waals surface area contributed by atoms with E-state index in [1.54, 1.807) is 0 Å². The van der Waals surface area contributed by atoms with Crippen molar-refractivity contribution in [3.05, 3.63) is 0 Å². The summed E-state index contributed by atoms with van der Waals surface area (Å²) in [5.74, 6) is 0.665. The van der Waals surface area contributed by atoms with Gasteiger partial charge in [-0.1, -0.05) is 0 Å². The minimum absolute atomic E-state index is 0. The monoisotopic (exact) mass is 425 g/mol. The Morgan fingerprint density at radius 3 is 2.68 bits per heavy atom. The second-order valence-corrected chi connectivity index (χ2v) is 6.88. The van der Waals surface area contributed by atoms with E-state index in [9.17, 15) is 0 Å². The molecule has 130 valence electrons. The number of morpholine rings is 1. The maximum absolute atomic E-state index is 6.10. The zero-order chi connectivity index (χ0) is 15.5. The SMILES string of the molecule is CC1CN(C(N)=NCCN2CCN(C)C(C)(C)C2)CCO1.I. The lowest BCUT2D eigenvalue weighted by Gasteiger charge is -2.45. The largest absolute Gasteiger partial charge is 0.375 e. The fourth-order valence-corrected chi connectivity index (χ4v) is 2.96. The van der Waals surface area contributed by atoms with Crippen LogP contribution < -0.4 is 5.73 Å². The van der Waals surface area contributed by atoms with Gasteiger partial charge >= 0.3 is 0 Å². The molecular weight excluding hydrogens is 393 g/mol. The van der Waals surface area contributed by atoms with Crippen molar-refractivity contribution in [3.63, 3.8) is 0 Å². The first kappa shape index (κ1) is 19.9. The van der Waals surface area contributed by atoms with Crippen LogP contribution >= 0.6 is 24.0 Å². The molecule has 0 saturated carbocycles. The maximum atomic E-state index is 6.10. The van der Waals surface area contributed by atoms with Gasteiger partial charge in [0.15, 0.2) is 5.96 Å². The summed E-state index contributed by atoms with van der Waals surface area (Å²) in [5.41, 5.74) is 6.34. The zero-order valence-electron chi connectivity index (χ0n) is 14.4. The van der Waals surface area contributed by atoms with Crippen molar-refractivity contribution in [1.29, 1.82) is 0 Å². The van der Waals surface area contributed by atoms with Crippen LogP contribution in [0.1, 0.15) is 20.8 Å². The van der Waals surface area contributed by atoms with E-state index >= 15 is 0 Å². The first-order valence-corrected chi connectivity index (χ1v) is 7.98. The molecule has 7 heteroatoms. The summed E-state index contributed by atoms with van der Waals surface area (Å²) in [5, 5.41) is 0. The molecule has 0 aliphatic carbocycles. The highest BCUT2D eigenvalue weighted by atomic mass is 127. The van der Waals surface area contributed by atoms with E-state index < -0.39 is 0 Å². The molecule has 0 amide bonds. The van der Waals surface area contributed by atoms with Crippen LogP contribution in [0.25, 0.3) is 0 Å². The lowest BCUT2D eigenvalue weighted by Crippen LogP contribution is -2.57. The van der Waals surface area contributed by atoms with E-state index in [1.807, 2.05) is 0 Å². The third kappa shape index (κ3) is 5.50. The Labute approximate surface area is 152 Å². The Kier molecular flexibility index (Phi) is 7.84. The Morgan fingerprint density at radius 1 is 1.32 bits per heavy atom. The molecule has 0 aromatic heterocycles. The predicted molar refractivity (Wildman–Crippen MR) is 102 cm³/mol. The summed E-state index contributed by atoms with van der Waals surface area (Å²) in [6, 6.07) is 0. The average molecular weight is 425 g/mol. The number of hydrogen-bond acceptors (Lipinski definition) is 4. The average Bonchev–Trinajstić information content (AvgIpc) is 2.42. The zero-order valence-corrected chi connectivity index (χ0v) is 16.7. The highest BCUT2D eigenvalue weighted by Gasteiger charge is 2.30. The van der Waals surface area contributed by atoms with E-state index in [-0.39, 0.29) is 35.6 Å². The van der Waals surface area contributed by atoms with Crippen LogP contribution in [0.15, 0.2) is 4.99 Å². The van der Waals surface area contributed by atoms with Crippen molar-refractivity contribution in [3.8, 4) is 0 Å². The number of rotatable bonds is 3. The van der Waals surface area contributed by atoms with Gasteiger partial charge in [-0.25, -0.2) is 0 Å². The quantitative estimate of drug-likeness (QED) is 0.409. The Bertz CT molecular complexity index is 377. The van der Waals surface area contributed by atoms with Crippen LogP contribution in [0.5, 0.6) is 0 Å². The van der Waals surface area contributed by atoms with E-state index in [2.05, 4.69) is 47.5 Å². The van der Waals surface area contributed by atoms with E-state index in [4.69, 9.17) is 10.5 Å². The first-order chi connectivity index (χ1) is 9.88. The first-order valence-electron chi connectivity index (χ1n) is 7.98. The number of ether oxygens (including phenoxy) is 1. The Hall–Kier alpha value is -0.120. The molecule has 1 unspecified atom stereocenters. The standard InChI is InChI=1S/C15H31N5O.HI/c1-13-11-20(9-10-21-13)14(16)17-5-6-19-8-7-18(4)15(2,3)12-19;/h13H,5-12H2,1-4H3,(H2,16,17);1H. The van der Waals surface area contributed by atoms with E-state index in [0.29, 0.717) is 5.96 Å². The van der Waals surface area contributed by atoms with Crippen molar-refractivity contribution in [2.45, 2.75) is 32.4 Å². The molecule has 22 heavy (non-hydrogen) atoms. The summed E-state index contributed by atoms with van der Waals surface area (Å²) >= 11 is 0. The van der Waals surface area contributed by atoms with Gasteiger partial charge in [-0.05, 0) is 27.8 Å². The molecule has 0 radical (unpaired) electrons. The summed E-state index contributed by atoms with van der Waals surface area (Å²) in [6.07, 6.45) is 0.242. The summed E-state index contributed by atoms with van der Waals surface area (Å²) in [6.45, 7) is 14.2. The van der Waals surface area contributed by atoms with Gasteiger partial charge < -0.3 is 15.4 Å². The molecule has 0 bridgehead atoms. The van der Waals surface area contributed by atoms with Crippen molar-refractivity contribution in [2.75, 3.05) is 59.5 Å². The minimum atomic E-state index is 0. The van der Waals surface area contributed by atoms with Crippen molar-refractivity contribution in [1.82, 2.24) is 14.7 Å². The van der Waals surface area contributed by atoms with Crippen molar-refractivity contribution < 1.29 is 4.74 Å². The third-order valence-electron chi connectivity index (χ3n) is 4.65. The summed E-state index contributed by atoms with van der Waals surface area (Å²) in [4.78, 5) is 11.6. The number of aliphatic imine (C=N–C) groups is 1. The number of halogens is 1. The fourth-order valence-electron chi connectivity index (χ4n) is 2.96. The van der Waals surface area contributed by atoms with Gasteiger partial charge in [0.2, 0.25) is 0 Å². The molecule has 2 fully saturated rings. The molecule has 2 heterocycles. The third-order valence-corrected chi connectivity index (χ3v) is 4.65. The molecule has 2 aliphatic rings. The van der Waals surface area contributed by atoms with Crippen LogP contribution in [0.3, 0.4) is 0 Å². The number of nitrogens with zero attached hydrogens (tertiary/aromatic N) is 4. The summed E-state index contributed by atoms with van der Waals surface area (Å²) < 4.78 is 5.53. The molecule has 0 aromatic rings. The van der Waals surface area contributed by atoms with Crippen LogP contribution in [-0.2, 0) is 4.74 Å². The van der Waals surface area contributed by atoms with Crippen molar-refractivity contribution >= 4 is 29.9 Å². The summed E-state index contributed by atoms with van der Waals surface area (Å²) in [7, 11) is 2.20. The molecule has 2 N–H and O–H groups in total. The van der Waals surface area contributed by atoms with Gasteiger partial charge in [0.25, 0.3) is 0 Å². The van der Waals surface area contributed by atoms with Crippen LogP contribution in [0.2, 0.25) is 0 Å². The van der Waals surface area contributed by atoms with Gasteiger partial charge in [0, 0.05) is 44.8 Å². The minimum Gasteiger partial charge on any atom is -0.375 e. The highest BCUT2D eigenvalue weighted by Crippen LogP contribution is 2.18. The lowest BCUT2D eigenvalue weighted by atomic mass is 10.00. The number of guanidine groups is 1. The molecule has 1 atom stereocenters. The van der Waals surface area contributed by atoms with Crippen molar-refractivity contribution in [2.24, 2.45) is 10.7 Å². The van der Waals surface area contributed by atoms with Crippen LogP contribution in [-0.4, -0.2) is 91.8 Å². The molecule has 0 spiro atoms. The van der Waals surface area contributed by atoms with Gasteiger partial charge in [0.1, 0.15) is 0 Å². The Balaban J connectivity index is 0.00000242. The molecule has 6 nitrogen and oxygen atoms in total. The smallest absolute Gasteiger partial charge is 0.191 e. The second-order valence-electron chi connectivity index (χ2n) is 6.88. The highest BCUT2D eigenvalue weighted by molar-refractivity contribution is 14.0. The number of piperazine rings is 1.